The van der Waals surface area contributed by atoms with Crippen LogP contribution < -0.4 is 10.1 Å². The molecule has 1 aliphatic heterocycles. The number of fused-ring (bicyclic) bond motifs is 1. The van der Waals surface area contributed by atoms with Crippen LogP contribution in [0.3, 0.4) is 0 Å². The average Bonchev–Trinajstić information content (AvgIpc) is 3.02. The zero-order valence-corrected chi connectivity index (χ0v) is 17.3. The molecule has 0 atom stereocenters. The van der Waals surface area contributed by atoms with E-state index in [2.05, 4.69) is 5.32 Å². The molecule has 1 heterocycles. The van der Waals surface area contributed by atoms with Gasteiger partial charge in [0.1, 0.15) is 18.1 Å². The zero-order valence-electron chi connectivity index (χ0n) is 16.5. The number of carbonyl (C=O) groups is 2. The van der Waals surface area contributed by atoms with Crippen LogP contribution in [-0.4, -0.2) is 23.4 Å². The molecule has 0 unspecified atom stereocenters. The predicted octanol–water partition coefficient (Wildman–Crippen LogP) is 5.37. The highest BCUT2D eigenvalue weighted by molar-refractivity contribution is 6.31. The van der Waals surface area contributed by atoms with Crippen molar-refractivity contribution in [1.29, 1.82) is 0 Å². The fourth-order valence-corrected chi connectivity index (χ4v) is 3.65. The van der Waals surface area contributed by atoms with Crippen LogP contribution in [-0.2, 0) is 11.4 Å². The molecule has 1 fully saturated rings. The second kappa shape index (κ2) is 8.59. The van der Waals surface area contributed by atoms with Gasteiger partial charge in [-0.25, -0.2) is 4.79 Å². The van der Waals surface area contributed by atoms with Crippen molar-refractivity contribution in [2.45, 2.75) is 20.0 Å². The number of rotatable bonds is 6. The van der Waals surface area contributed by atoms with E-state index >= 15 is 0 Å². The number of imide groups is 1. The lowest BCUT2D eigenvalue weighted by Gasteiger charge is -2.13. The Hall–Kier alpha value is -3.31. The van der Waals surface area contributed by atoms with Crippen LogP contribution in [0, 0.1) is 0 Å². The Morgan fingerprint density at radius 2 is 1.80 bits per heavy atom. The molecule has 3 aromatic rings. The van der Waals surface area contributed by atoms with Gasteiger partial charge in [-0.05, 0) is 35.4 Å². The summed E-state index contributed by atoms with van der Waals surface area (Å²) in [4.78, 5) is 26.1. The molecule has 0 bridgehead atoms. The number of carbonyl (C=O) groups excluding carboxylic acids is 2. The maximum Gasteiger partial charge on any atom is 0.329 e. The van der Waals surface area contributed by atoms with E-state index in [9.17, 15) is 9.59 Å². The molecule has 3 aromatic carbocycles. The Balaban J connectivity index is 1.74. The Bertz CT molecular complexity index is 1160. The van der Waals surface area contributed by atoms with E-state index in [4.69, 9.17) is 16.3 Å². The minimum absolute atomic E-state index is 0.243. The van der Waals surface area contributed by atoms with Crippen molar-refractivity contribution in [2.75, 3.05) is 6.54 Å². The monoisotopic (exact) mass is 420 g/mol. The number of hydrogen-bond donors (Lipinski definition) is 1. The molecular formula is C24H21ClN2O3. The number of halogens is 1. The zero-order chi connectivity index (χ0) is 21.1. The Morgan fingerprint density at radius 1 is 1.03 bits per heavy atom. The van der Waals surface area contributed by atoms with Crippen LogP contribution in [0.25, 0.3) is 16.8 Å². The molecule has 1 aliphatic rings. The van der Waals surface area contributed by atoms with Crippen LogP contribution in [0.2, 0.25) is 5.02 Å². The third-order valence-electron chi connectivity index (χ3n) is 4.97. The highest BCUT2D eigenvalue weighted by atomic mass is 35.5. The van der Waals surface area contributed by atoms with Crippen LogP contribution in [0.4, 0.5) is 4.79 Å². The highest BCUT2D eigenvalue weighted by Crippen LogP contribution is 2.32. The first-order valence-electron chi connectivity index (χ1n) is 9.81. The van der Waals surface area contributed by atoms with Crippen molar-refractivity contribution in [3.63, 3.8) is 0 Å². The molecule has 4 rings (SSSR count). The first-order chi connectivity index (χ1) is 14.6. The van der Waals surface area contributed by atoms with Crippen molar-refractivity contribution in [2.24, 2.45) is 0 Å². The summed E-state index contributed by atoms with van der Waals surface area (Å²) in [6, 6.07) is 18.8. The smallest absolute Gasteiger partial charge is 0.329 e. The Morgan fingerprint density at radius 3 is 2.60 bits per heavy atom. The molecule has 0 aromatic heterocycles. The molecule has 152 valence electrons. The molecule has 0 radical (unpaired) electrons. The van der Waals surface area contributed by atoms with Crippen molar-refractivity contribution in [3.8, 4) is 5.75 Å². The SMILES string of the molecule is CCCN1C(=O)N/C(=C/c2c(OCc3ccccc3Cl)ccc3ccccc23)C1=O. The van der Waals surface area contributed by atoms with E-state index in [1.807, 2.05) is 67.6 Å². The van der Waals surface area contributed by atoms with Gasteiger partial charge in [0.2, 0.25) is 0 Å². The standard InChI is InChI=1S/C24H21ClN2O3/c1-2-13-27-23(28)21(26-24(27)29)14-19-18-9-5-3-7-16(18)11-12-22(19)30-15-17-8-4-6-10-20(17)25/h3-12,14H,2,13,15H2,1H3,(H,26,29)/b21-14+. The van der Waals surface area contributed by atoms with Gasteiger partial charge in [0.05, 0.1) is 0 Å². The molecule has 0 saturated carbocycles. The Kier molecular flexibility index (Phi) is 5.72. The van der Waals surface area contributed by atoms with E-state index in [1.54, 1.807) is 6.08 Å². The fraction of sp³-hybridized carbons (Fsp3) is 0.167. The second-order valence-electron chi connectivity index (χ2n) is 7.02. The number of amides is 3. The summed E-state index contributed by atoms with van der Waals surface area (Å²) >= 11 is 6.25. The van der Waals surface area contributed by atoms with Gasteiger partial charge >= 0.3 is 6.03 Å². The molecule has 6 heteroatoms. The third kappa shape index (κ3) is 3.89. The van der Waals surface area contributed by atoms with Gasteiger partial charge in [0.25, 0.3) is 5.91 Å². The van der Waals surface area contributed by atoms with Gasteiger partial charge in [0.15, 0.2) is 0 Å². The number of ether oxygens (including phenoxy) is 1. The van der Waals surface area contributed by atoms with Crippen molar-refractivity contribution in [3.05, 3.63) is 82.5 Å². The predicted molar refractivity (Wildman–Crippen MR) is 118 cm³/mol. The van der Waals surface area contributed by atoms with Crippen LogP contribution >= 0.6 is 11.6 Å². The number of nitrogens with zero attached hydrogens (tertiary/aromatic N) is 1. The number of urea groups is 1. The summed E-state index contributed by atoms with van der Waals surface area (Å²) in [7, 11) is 0. The minimum atomic E-state index is -0.396. The van der Waals surface area contributed by atoms with Gasteiger partial charge in [-0.2, -0.15) is 0 Å². The number of nitrogens with one attached hydrogen (secondary N) is 1. The summed E-state index contributed by atoms with van der Waals surface area (Å²) < 4.78 is 6.09. The van der Waals surface area contributed by atoms with Crippen LogP contribution in [0.5, 0.6) is 5.75 Å². The summed E-state index contributed by atoms with van der Waals surface area (Å²) in [5.74, 6) is 0.281. The van der Waals surface area contributed by atoms with Gasteiger partial charge < -0.3 is 10.1 Å². The Labute approximate surface area is 179 Å². The number of hydrogen-bond acceptors (Lipinski definition) is 3. The highest BCUT2D eigenvalue weighted by Gasteiger charge is 2.33. The maximum atomic E-state index is 12.7. The lowest BCUT2D eigenvalue weighted by atomic mass is 10.0. The first kappa shape index (κ1) is 20.0. The van der Waals surface area contributed by atoms with Gasteiger partial charge in [-0.1, -0.05) is 67.1 Å². The van der Waals surface area contributed by atoms with E-state index in [-0.39, 0.29) is 18.2 Å². The molecule has 1 N–H and O–H groups in total. The van der Waals surface area contributed by atoms with Crippen LogP contribution in [0.15, 0.2) is 66.4 Å². The van der Waals surface area contributed by atoms with Gasteiger partial charge in [-0.15, -0.1) is 0 Å². The van der Waals surface area contributed by atoms with E-state index in [1.165, 1.54) is 4.90 Å². The largest absolute Gasteiger partial charge is 0.488 e. The molecule has 5 nitrogen and oxygen atoms in total. The topological polar surface area (TPSA) is 58.6 Å². The van der Waals surface area contributed by atoms with Gasteiger partial charge in [0, 0.05) is 22.7 Å². The van der Waals surface area contributed by atoms with Crippen molar-refractivity contribution < 1.29 is 14.3 Å². The normalized spacial score (nSPS) is 15.1. The minimum Gasteiger partial charge on any atom is -0.488 e. The number of benzene rings is 3. The fourth-order valence-electron chi connectivity index (χ4n) is 3.46. The lowest BCUT2D eigenvalue weighted by molar-refractivity contribution is -0.122. The van der Waals surface area contributed by atoms with Crippen molar-refractivity contribution in [1.82, 2.24) is 10.2 Å². The lowest BCUT2D eigenvalue weighted by Crippen LogP contribution is -2.31. The van der Waals surface area contributed by atoms with Crippen LogP contribution in [0.1, 0.15) is 24.5 Å². The van der Waals surface area contributed by atoms with E-state index in [0.717, 1.165) is 21.9 Å². The van der Waals surface area contributed by atoms with Crippen molar-refractivity contribution >= 4 is 40.4 Å². The first-order valence-corrected chi connectivity index (χ1v) is 10.2. The molecular weight excluding hydrogens is 400 g/mol. The third-order valence-corrected chi connectivity index (χ3v) is 5.34. The van der Waals surface area contributed by atoms with E-state index < -0.39 is 6.03 Å². The van der Waals surface area contributed by atoms with Gasteiger partial charge in [-0.3, -0.25) is 9.69 Å². The summed E-state index contributed by atoms with van der Waals surface area (Å²) in [5.41, 5.74) is 1.85. The molecule has 3 amide bonds. The summed E-state index contributed by atoms with van der Waals surface area (Å²) in [5, 5.41) is 5.25. The summed E-state index contributed by atoms with van der Waals surface area (Å²) in [6.07, 6.45) is 2.40. The average molecular weight is 421 g/mol. The second-order valence-corrected chi connectivity index (χ2v) is 7.43. The molecule has 0 aliphatic carbocycles. The molecule has 30 heavy (non-hydrogen) atoms. The maximum absolute atomic E-state index is 12.7. The van der Waals surface area contributed by atoms with E-state index in [0.29, 0.717) is 23.7 Å². The summed E-state index contributed by atoms with van der Waals surface area (Å²) in [6.45, 7) is 2.59. The quantitative estimate of drug-likeness (QED) is 0.430. The molecule has 0 spiro atoms. The molecule has 1 saturated heterocycles.